The summed E-state index contributed by atoms with van der Waals surface area (Å²) in [4.78, 5) is 3.97. The van der Waals surface area contributed by atoms with Gasteiger partial charge in [0.2, 0.25) is 0 Å². The van der Waals surface area contributed by atoms with Crippen LogP contribution in [0.15, 0.2) is 10.7 Å². The molecular weight excluding hydrogens is 130 g/mol. The van der Waals surface area contributed by atoms with Gasteiger partial charge in [-0.25, -0.2) is 4.98 Å². The van der Waals surface area contributed by atoms with Crippen molar-refractivity contribution in [2.24, 2.45) is 0 Å². The summed E-state index contributed by atoms with van der Waals surface area (Å²) in [5.74, 6) is 0.581. The average Bonchev–Trinajstić information content (AvgIpc) is 2.11. The minimum atomic E-state index is -0.891. The molecule has 0 saturated carbocycles. The molecule has 1 aromatic rings. The fourth-order valence-corrected chi connectivity index (χ4v) is 0.644. The molecule has 10 heavy (non-hydrogen) atoms. The lowest BCUT2D eigenvalue weighted by molar-refractivity contribution is 0.0737. The molecule has 0 unspecified atom stereocenters. The van der Waals surface area contributed by atoms with Crippen LogP contribution in [-0.2, 0) is 5.60 Å². The summed E-state index contributed by atoms with van der Waals surface area (Å²) in [6, 6.07) is 0. The van der Waals surface area contributed by atoms with Crippen LogP contribution in [0.25, 0.3) is 0 Å². The third-order valence-corrected chi connectivity index (χ3v) is 1.25. The van der Waals surface area contributed by atoms with Gasteiger partial charge in [0.15, 0.2) is 5.89 Å². The van der Waals surface area contributed by atoms with E-state index >= 15 is 0 Å². The molecule has 0 radical (unpaired) electrons. The van der Waals surface area contributed by atoms with Crippen LogP contribution < -0.4 is 0 Å². The monoisotopic (exact) mass is 141 g/mol. The van der Waals surface area contributed by atoms with Crippen molar-refractivity contribution >= 4 is 0 Å². The predicted molar refractivity (Wildman–Crippen MR) is 36.5 cm³/mol. The lowest BCUT2D eigenvalue weighted by Crippen LogP contribution is -2.15. The Bertz CT molecular complexity index is 222. The Morgan fingerprint density at radius 2 is 2.20 bits per heavy atom. The second kappa shape index (κ2) is 2.09. The molecule has 3 nitrogen and oxygen atoms in total. The van der Waals surface area contributed by atoms with Crippen molar-refractivity contribution < 1.29 is 9.52 Å². The van der Waals surface area contributed by atoms with Gasteiger partial charge in [-0.05, 0) is 13.8 Å². The third kappa shape index (κ3) is 1.36. The molecule has 0 amide bonds. The molecule has 56 valence electrons. The van der Waals surface area contributed by atoms with Gasteiger partial charge in [0, 0.05) is 6.92 Å². The number of aromatic nitrogens is 1. The Morgan fingerprint density at radius 1 is 1.60 bits per heavy atom. The highest BCUT2D eigenvalue weighted by molar-refractivity contribution is 5.04. The molecule has 0 bridgehead atoms. The van der Waals surface area contributed by atoms with E-state index in [1.807, 2.05) is 0 Å². The molecule has 0 saturated heterocycles. The number of aryl methyl sites for hydroxylation is 1. The molecule has 1 rings (SSSR count). The minimum Gasteiger partial charge on any atom is -0.449 e. The molecule has 3 heteroatoms. The van der Waals surface area contributed by atoms with E-state index in [2.05, 4.69) is 4.98 Å². The van der Waals surface area contributed by atoms with Crippen LogP contribution in [0, 0.1) is 6.92 Å². The van der Waals surface area contributed by atoms with Crippen LogP contribution in [0.1, 0.15) is 25.4 Å². The van der Waals surface area contributed by atoms with Crippen LogP contribution in [0.5, 0.6) is 0 Å². The van der Waals surface area contributed by atoms with E-state index < -0.39 is 5.60 Å². The van der Waals surface area contributed by atoms with Crippen LogP contribution in [0.3, 0.4) is 0 Å². The molecule has 0 aliphatic heterocycles. The van der Waals surface area contributed by atoms with Crippen molar-refractivity contribution in [3.63, 3.8) is 0 Å². The molecule has 0 aliphatic rings. The molecule has 1 heterocycles. The van der Waals surface area contributed by atoms with Crippen molar-refractivity contribution in [3.05, 3.63) is 17.8 Å². The van der Waals surface area contributed by atoms with Crippen molar-refractivity contribution in [1.82, 2.24) is 4.98 Å². The fraction of sp³-hybridized carbons (Fsp3) is 0.571. The summed E-state index contributed by atoms with van der Waals surface area (Å²) in [5.41, 5.74) is -0.317. The van der Waals surface area contributed by atoms with Gasteiger partial charge in [0.25, 0.3) is 0 Å². The molecule has 0 fully saturated rings. The molecule has 0 spiro atoms. The Morgan fingerprint density at radius 3 is 2.40 bits per heavy atom. The van der Waals surface area contributed by atoms with Crippen LogP contribution in [-0.4, -0.2) is 10.1 Å². The summed E-state index contributed by atoms with van der Waals surface area (Å²) in [5, 5.41) is 9.38. The van der Waals surface area contributed by atoms with Gasteiger partial charge in [-0.15, -0.1) is 0 Å². The normalized spacial score (nSPS) is 12.0. The summed E-state index contributed by atoms with van der Waals surface area (Å²) in [7, 11) is 0. The average molecular weight is 141 g/mol. The Kier molecular flexibility index (Phi) is 1.52. The molecule has 0 aromatic carbocycles. The summed E-state index contributed by atoms with van der Waals surface area (Å²) in [6.45, 7) is 5.09. The highest BCUT2D eigenvalue weighted by Gasteiger charge is 2.19. The zero-order valence-corrected chi connectivity index (χ0v) is 6.38. The van der Waals surface area contributed by atoms with E-state index in [-0.39, 0.29) is 0 Å². The highest BCUT2D eigenvalue weighted by atomic mass is 16.3. The standard InChI is InChI=1S/C7H11NO2/c1-5-8-6(4-10-5)7(2,3)9/h4,9H,1-3H3. The topological polar surface area (TPSA) is 46.3 Å². The van der Waals surface area contributed by atoms with E-state index in [1.54, 1.807) is 20.8 Å². The van der Waals surface area contributed by atoms with Crippen molar-refractivity contribution in [2.75, 3.05) is 0 Å². The maximum Gasteiger partial charge on any atom is 0.191 e. The quantitative estimate of drug-likeness (QED) is 0.639. The van der Waals surface area contributed by atoms with E-state index in [9.17, 15) is 5.11 Å². The first-order valence-electron chi connectivity index (χ1n) is 3.15. The summed E-state index contributed by atoms with van der Waals surface area (Å²) in [6.07, 6.45) is 1.47. The number of rotatable bonds is 1. The largest absolute Gasteiger partial charge is 0.449 e. The predicted octanol–water partition coefficient (Wildman–Crippen LogP) is 1.21. The first-order valence-corrected chi connectivity index (χ1v) is 3.15. The Balaban J connectivity index is 2.96. The maximum atomic E-state index is 9.38. The maximum absolute atomic E-state index is 9.38. The first-order chi connectivity index (χ1) is 4.50. The van der Waals surface area contributed by atoms with Gasteiger partial charge < -0.3 is 9.52 Å². The van der Waals surface area contributed by atoms with Crippen molar-refractivity contribution in [1.29, 1.82) is 0 Å². The smallest absolute Gasteiger partial charge is 0.191 e. The van der Waals surface area contributed by atoms with E-state index in [0.717, 1.165) is 0 Å². The van der Waals surface area contributed by atoms with Gasteiger partial charge in [0.05, 0.1) is 0 Å². The number of nitrogens with zero attached hydrogens (tertiary/aromatic N) is 1. The van der Waals surface area contributed by atoms with Gasteiger partial charge in [-0.1, -0.05) is 0 Å². The van der Waals surface area contributed by atoms with Gasteiger partial charge >= 0.3 is 0 Å². The molecule has 1 N–H and O–H groups in total. The third-order valence-electron chi connectivity index (χ3n) is 1.25. The summed E-state index contributed by atoms with van der Waals surface area (Å²) >= 11 is 0. The SMILES string of the molecule is Cc1nc(C(C)(C)O)co1. The minimum absolute atomic E-state index is 0.574. The zero-order valence-electron chi connectivity index (χ0n) is 6.38. The van der Waals surface area contributed by atoms with E-state index in [1.165, 1.54) is 6.26 Å². The first kappa shape index (κ1) is 7.28. The van der Waals surface area contributed by atoms with Crippen LogP contribution in [0.2, 0.25) is 0 Å². The highest BCUT2D eigenvalue weighted by Crippen LogP contribution is 2.17. The number of hydrogen-bond donors (Lipinski definition) is 1. The second-order valence-electron chi connectivity index (χ2n) is 2.81. The molecule has 1 aromatic heterocycles. The van der Waals surface area contributed by atoms with Crippen LogP contribution >= 0.6 is 0 Å². The van der Waals surface area contributed by atoms with E-state index in [4.69, 9.17) is 4.42 Å². The molecule has 0 atom stereocenters. The fourth-order valence-electron chi connectivity index (χ4n) is 0.644. The van der Waals surface area contributed by atoms with E-state index in [0.29, 0.717) is 11.6 Å². The number of aliphatic hydroxyl groups is 1. The Labute approximate surface area is 59.7 Å². The number of hydrogen-bond acceptors (Lipinski definition) is 3. The zero-order chi connectivity index (χ0) is 7.78. The van der Waals surface area contributed by atoms with Gasteiger partial charge in [-0.3, -0.25) is 0 Å². The lowest BCUT2D eigenvalue weighted by Gasteiger charge is -2.11. The second-order valence-corrected chi connectivity index (χ2v) is 2.81. The molecular formula is C7H11NO2. The van der Waals surface area contributed by atoms with Crippen molar-refractivity contribution in [3.8, 4) is 0 Å². The lowest BCUT2D eigenvalue weighted by atomic mass is 10.1. The van der Waals surface area contributed by atoms with Crippen LogP contribution in [0.4, 0.5) is 0 Å². The van der Waals surface area contributed by atoms with Crippen molar-refractivity contribution in [2.45, 2.75) is 26.4 Å². The number of oxazole rings is 1. The summed E-state index contributed by atoms with van der Waals surface area (Å²) < 4.78 is 4.92. The van der Waals surface area contributed by atoms with Gasteiger partial charge in [-0.2, -0.15) is 0 Å². The molecule has 0 aliphatic carbocycles. The van der Waals surface area contributed by atoms with Gasteiger partial charge in [0.1, 0.15) is 17.6 Å². The Hall–Kier alpha value is -0.830.